The van der Waals surface area contributed by atoms with Gasteiger partial charge in [-0.3, -0.25) is 0 Å². The highest BCUT2D eigenvalue weighted by Crippen LogP contribution is 2.29. The van der Waals surface area contributed by atoms with Crippen molar-refractivity contribution in [1.82, 2.24) is 10.2 Å². The SMILES string of the molecule is CCCNC1CCCCC1CN1CCCC1CCCO. The minimum atomic E-state index is 0.356. The van der Waals surface area contributed by atoms with Gasteiger partial charge in [0.15, 0.2) is 0 Å². The van der Waals surface area contributed by atoms with Crippen molar-refractivity contribution in [1.29, 1.82) is 0 Å². The Hall–Kier alpha value is -0.120. The van der Waals surface area contributed by atoms with Gasteiger partial charge in [0.2, 0.25) is 0 Å². The molecule has 1 aliphatic carbocycles. The summed E-state index contributed by atoms with van der Waals surface area (Å²) >= 11 is 0. The van der Waals surface area contributed by atoms with Gasteiger partial charge in [0.25, 0.3) is 0 Å². The van der Waals surface area contributed by atoms with Crippen LogP contribution >= 0.6 is 0 Å². The van der Waals surface area contributed by atoms with Gasteiger partial charge >= 0.3 is 0 Å². The molecule has 3 nitrogen and oxygen atoms in total. The van der Waals surface area contributed by atoms with Gasteiger partial charge in [-0.25, -0.2) is 0 Å². The molecule has 0 radical (unpaired) electrons. The normalized spacial score (nSPS) is 31.8. The molecule has 2 rings (SSSR count). The van der Waals surface area contributed by atoms with E-state index in [4.69, 9.17) is 5.11 Å². The number of likely N-dealkylation sites (tertiary alicyclic amines) is 1. The lowest BCUT2D eigenvalue weighted by Gasteiger charge is -2.37. The van der Waals surface area contributed by atoms with Crippen LogP contribution in [0.25, 0.3) is 0 Å². The fourth-order valence-corrected chi connectivity index (χ4v) is 4.12. The van der Waals surface area contributed by atoms with Crippen LogP contribution in [0.15, 0.2) is 0 Å². The fraction of sp³-hybridized carbons (Fsp3) is 1.00. The molecule has 0 spiro atoms. The molecule has 0 aromatic rings. The smallest absolute Gasteiger partial charge is 0.0431 e. The molecule has 20 heavy (non-hydrogen) atoms. The summed E-state index contributed by atoms with van der Waals surface area (Å²) in [6, 6.07) is 1.50. The Morgan fingerprint density at radius 3 is 2.80 bits per heavy atom. The molecule has 0 amide bonds. The van der Waals surface area contributed by atoms with Crippen LogP contribution < -0.4 is 5.32 Å². The summed E-state index contributed by atoms with van der Waals surface area (Å²) in [6.07, 6.45) is 11.7. The van der Waals surface area contributed by atoms with E-state index in [2.05, 4.69) is 17.1 Å². The van der Waals surface area contributed by atoms with E-state index in [0.29, 0.717) is 6.61 Å². The molecular formula is C17H34N2O. The van der Waals surface area contributed by atoms with Gasteiger partial charge in [-0.15, -0.1) is 0 Å². The molecule has 1 saturated heterocycles. The van der Waals surface area contributed by atoms with Crippen molar-refractivity contribution in [3.05, 3.63) is 0 Å². The Kier molecular flexibility index (Phi) is 7.32. The zero-order valence-electron chi connectivity index (χ0n) is 13.3. The molecule has 0 bridgehead atoms. The maximum absolute atomic E-state index is 9.04. The maximum atomic E-state index is 9.04. The summed E-state index contributed by atoms with van der Waals surface area (Å²) in [5.74, 6) is 0.852. The van der Waals surface area contributed by atoms with Crippen LogP contribution in [0, 0.1) is 5.92 Å². The van der Waals surface area contributed by atoms with Crippen molar-refractivity contribution in [2.75, 3.05) is 26.2 Å². The largest absolute Gasteiger partial charge is 0.396 e. The first-order valence-electron chi connectivity index (χ1n) is 8.93. The quantitative estimate of drug-likeness (QED) is 0.718. The van der Waals surface area contributed by atoms with Crippen LogP contribution in [-0.4, -0.2) is 48.3 Å². The van der Waals surface area contributed by atoms with Crippen LogP contribution in [0.4, 0.5) is 0 Å². The first kappa shape index (κ1) is 16.3. The van der Waals surface area contributed by atoms with Crippen LogP contribution in [0.1, 0.15) is 64.7 Å². The Morgan fingerprint density at radius 2 is 2.00 bits per heavy atom. The Balaban J connectivity index is 1.82. The molecule has 1 heterocycles. The van der Waals surface area contributed by atoms with Gasteiger partial charge in [0, 0.05) is 25.2 Å². The number of rotatable bonds is 8. The van der Waals surface area contributed by atoms with Crippen LogP contribution in [-0.2, 0) is 0 Å². The topological polar surface area (TPSA) is 35.5 Å². The van der Waals surface area contributed by atoms with Gasteiger partial charge in [0.05, 0.1) is 0 Å². The predicted octanol–water partition coefficient (Wildman–Crippen LogP) is 2.78. The highest BCUT2D eigenvalue weighted by molar-refractivity contribution is 4.87. The van der Waals surface area contributed by atoms with Crippen molar-refractivity contribution in [3.8, 4) is 0 Å². The summed E-state index contributed by atoms with van der Waals surface area (Å²) in [4.78, 5) is 2.73. The third-order valence-electron chi connectivity index (χ3n) is 5.23. The molecule has 3 unspecified atom stereocenters. The number of nitrogens with zero attached hydrogens (tertiary/aromatic N) is 1. The second kappa shape index (κ2) is 9.01. The van der Waals surface area contributed by atoms with Gasteiger partial charge in [-0.1, -0.05) is 19.8 Å². The third kappa shape index (κ3) is 4.71. The van der Waals surface area contributed by atoms with Crippen LogP contribution in [0.3, 0.4) is 0 Å². The van der Waals surface area contributed by atoms with Gasteiger partial charge < -0.3 is 15.3 Å². The lowest BCUT2D eigenvalue weighted by molar-refractivity contribution is 0.148. The summed E-state index contributed by atoms with van der Waals surface area (Å²) in [5.41, 5.74) is 0. The number of hydrogen-bond acceptors (Lipinski definition) is 3. The zero-order chi connectivity index (χ0) is 14.2. The van der Waals surface area contributed by atoms with E-state index >= 15 is 0 Å². The summed E-state index contributed by atoms with van der Waals surface area (Å²) in [7, 11) is 0. The molecule has 0 aromatic heterocycles. The molecule has 2 fully saturated rings. The molecule has 1 aliphatic heterocycles. The molecule has 2 N–H and O–H groups in total. The summed E-state index contributed by atoms with van der Waals surface area (Å²) < 4.78 is 0. The van der Waals surface area contributed by atoms with Gasteiger partial charge in [0.1, 0.15) is 0 Å². The zero-order valence-corrected chi connectivity index (χ0v) is 13.3. The van der Waals surface area contributed by atoms with Crippen molar-refractivity contribution in [2.24, 2.45) is 5.92 Å². The Bertz CT molecular complexity index is 259. The van der Waals surface area contributed by atoms with Crippen molar-refractivity contribution >= 4 is 0 Å². The van der Waals surface area contributed by atoms with Crippen molar-refractivity contribution in [3.63, 3.8) is 0 Å². The van der Waals surface area contributed by atoms with E-state index < -0.39 is 0 Å². The third-order valence-corrected chi connectivity index (χ3v) is 5.23. The maximum Gasteiger partial charge on any atom is 0.0431 e. The Labute approximate surface area is 125 Å². The molecule has 3 heteroatoms. The van der Waals surface area contributed by atoms with E-state index in [1.165, 1.54) is 71.0 Å². The number of aliphatic hydroxyl groups is 1. The van der Waals surface area contributed by atoms with Crippen LogP contribution in [0.5, 0.6) is 0 Å². The predicted molar refractivity (Wildman–Crippen MR) is 85.0 cm³/mol. The highest BCUT2D eigenvalue weighted by Gasteiger charge is 2.30. The number of nitrogens with one attached hydrogen (secondary N) is 1. The monoisotopic (exact) mass is 282 g/mol. The van der Waals surface area contributed by atoms with Crippen LogP contribution in [0.2, 0.25) is 0 Å². The standard InChI is InChI=1S/C17H34N2O/c1-2-11-18-17-10-4-3-7-15(17)14-19-12-5-8-16(19)9-6-13-20/h15-18,20H,2-14H2,1H3. The number of aliphatic hydroxyl groups excluding tert-OH is 1. The molecule has 118 valence electrons. The van der Waals surface area contributed by atoms with E-state index in [1.54, 1.807) is 0 Å². The van der Waals surface area contributed by atoms with Crippen molar-refractivity contribution in [2.45, 2.75) is 76.8 Å². The summed E-state index contributed by atoms with van der Waals surface area (Å²) in [5, 5.41) is 12.8. The first-order chi connectivity index (χ1) is 9.85. The second-order valence-electron chi connectivity index (χ2n) is 6.76. The van der Waals surface area contributed by atoms with E-state index in [0.717, 1.165) is 24.4 Å². The average Bonchev–Trinajstić information content (AvgIpc) is 2.91. The highest BCUT2D eigenvalue weighted by atomic mass is 16.2. The Morgan fingerprint density at radius 1 is 1.15 bits per heavy atom. The van der Waals surface area contributed by atoms with Gasteiger partial charge in [-0.2, -0.15) is 0 Å². The molecule has 1 saturated carbocycles. The second-order valence-corrected chi connectivity index (χ2v) is 6.76. The summed E-state index contributed by atoms with van der Waals surface area (Å²) in [6.45, 7) is 6.37. The fourth-order valence-electron chi connectivity index (χ4n) is 4.12. The van der Waals surface area contributed by atoms with Crippen molar-refractivity contribution < 1.29 is 5.11 Å². The minimum Gasteiger partial charge on any atom is -0.396 e. The lowest BCUT2D eigenvalue weighted by Crippen LogP contribution is -2.45. The first-order valence-corrected chi connectivity index (χ1v) is 8.93. The minimum absolute atomic E-state index is 0.356. The molecular weight excluding hydrogens is 248 g/mol. The molecule has 0 aromatic carbocycles. The van der Waals surface area contributed by atoms with E-state index in [9.17, 15) is 0 Å². The number of hydrogen-bond donors (Lipinski definition) is 2. The molecule has 3 atom stereocenters. The van der Waals surface area contributed by atoms with E-state index in [1.807, 2.05) is 0 Å². The van der Waals surface area contributed by atoms with E-state index in [-0.39, 0.29) is 0 Å². The average molecular weight is 282 g/mol. The lowest BCUT2D eigenvalue weighted by atomic mass is 9.84. The molecule has 2 aliphatic rings. The van der Waals surface area contributed by atoms with Gasteiger partial charge in [-0.05, 0) is 64.0 Å².